The summed E-state index contributed by atoms with van der Waals surface area (Å²) < 4.78 is 0. The summed E-state index contributed by atoms with van der Waals surface area (Å²) in [5.41, 5.74) is -0.412. The van der Waals surface area contributed by atoms with Crippen molar-refractivity contribution < 1.29 is 20.4 Å². The summed E-state index contributed by atoms with van der Waals surface area (Å²) in [6.07, 6.45) is -0.113. The lowest BCUT2D eigenvalue weighted by Gasteiger charge is -2.38. The molecular formula is C13H28O4. The summed E-state index contributed by atoms with van der Waals surface area (Å²) in [4.78, 5) is 0. The van der Waals surface area contributed by atoms with Gasteiger partial charge in [-0.2, -0.15) is 0 Å². The van der Waals surface area contributed by atoms with E-state index >= 15 is 0 Å². The maximum atomic E-state index is 9.58. The standard InChI is InChI=1S/C13H28O4/c1-9(14)5-13(6-10(2)15,7-11(3)16)8-12(4)17/h9-12,14-17H,5-8H2,1-4H3. The number of aliphatic hydroxyl groups is 4. The smallest absolute Gasteiger partial charge is 0.0517 e. The fraction of sp³-hybridized carbons (Fsp3) is 1.00. The first-order chi connectivity index (χ1) is 7.67. The molecule has 0 radical (unpaired) electrons. The van der Waals surface area contributed by atoms with Gasteiger partial charge < -0.3 is 20.4 Å². The Morgan fingerprint density at radius 3 is 0.882 bits per heavy atom. The van der Waals surface area contributed by atoms with Gasteiger partial charge in [-0.3, -0.25) is 0 Å². The van der Waals surface area contributed by atoms with E-state index in [4.69, 9.17) is 0 Å². The first kappa shape index (κ1) is 16.8. The summed E-state index contributed by atoms with van der Waals surface area (Å²) in [6, 6.07) is 0. The average Bonchev–Trinajstić information content (AvgIpc) is 1.95. The number of rotatable bonds is 8. The summed E-state index contributed by atoms with van der Waals surface area (Å²) in [5, 5.41) is 38.3. The Balaban J connectivity index is 4.89. The molecule has 0 aromatic carbocycles. The fourth-order valence-electron chi connectivity index (χ4n) is 3.01. The van der Waals surface area contributed by atoms with Gasteiger partial charge in [-0.1, -0.05) is 0 Å². The van der Waals surface area contributed by atoms with E-state index in [9.17, 15) is 20.4 Å². The number of hydrogen-bond donors (Lipinski definition) is 4. The van der Waals surface area contributed by atoms with E-state index in [2.05, 4.69) is 0 Å². The van der Waals surface area contributed by atoms with E-state index in [0.29, 0.717) is 25.7 Å². The molecule has 0 rings (SSSR count). The van der Waals surface area contributed by atoms with Crippen molar-refractivity contribution in [3.8, 4) is 0 Å². The summed E-state index contributed by atoms with van der Waals surface area (Å²) in [5.74, 6) is 0. The number of aliphatic hydroxyl groups excluding tert-OH is 4. The highest BCUT2D eigenvalue weighted by atomic mass is 16.3. The second kappa shape index (κ2) is 7.31. The molecule has 0 saturated carbocycles. The SMILES string of the molecule is CC(O)CC(CC(C)O)(CC(C)O)CC(C)O. The Bertz CT molecular complexity index is 154. The van der Waals surface area contributed by atoms with Crippen molar-refractivity contribution in [2.24, 2.45) is 5.41 Å². The molecule has 4 unspecified atom stereocenters. The Morgan fingerprint density at radius 1 is 0.588 bits per heavy atom. The molecule has 0 amide bonds. The second-order valence-corrected chi connectivity index (χ2v) is 5.71. The monoisotopic (exact) mass is 248 g/mol. The van der Waals surface area contributed by atoms with Crippen LogP contribution in [0.4, 0.5) is 0 Å². The molecule has 0 fully saturated rings. The third-order valence-electron chi connectivity index (χ3n) is 2.91. The van der Waals surface area contributed by atoms with Gasteiger partial charge in [0.1, 0.15) is 0 Å². The molecule has 0 aromatic rings. The van der Waals surface area contributed by atoms with Crippen molar-refractivity contribution >= 4 is 0 Å². The van der Waals surface area contributed by atoms with Crippen LogP contribution in [-0.4, -0.2) is 44.8 Å². The molecule has 0 saturated heterocycles. The average molecular weight is 248 g/mol. The summed E-state index contributed by atoms with van der Waals surface area (Å²) in [6.45, 7) is 6.78. The van der Waals surface area contributed by atoms with Crippen molar-refractivity contribution in [1.82, 2.24) is 0 Å². The molecule has 4 N–H and O–H groups in total. The topological polar surface area (TPSA) is 80.9 Å². The van der Waals surface area contributed by atoms with Crippen LogP contribution in [0.3, 0.4) is 0 Å². The maximum absolute atomic E-state index is 9.58. The Labute approximate surface area is 104 Å². The van der Waals surface area contributed by atoms with Crippen molar-refractivity contribution in [2.45, 2.75) is 77.8 Å². The lowest BCUT2D eigenvalue weighted by molar-refractivity contribution is -0.00724. The maximum Gasteiger partial charge on any atom is 0.0517 e. The first-order valence-electron chi connectivity index (χ1n) is 6.39. The van der Waals surface area contributed by atoms with Crippen LogP contribution < -0.4 is 0 Å². The zero-order chi connectivity index (χ0) is 13.6. The van der Waals surface area contributed by atoms with E-state index in [0.717, 1.165) is 0 Å². The van der Waals surface area contributed by atoms with Gasteiger partial charge in [-0.05, 0) is 58.8 Å². The van der Waals surface area contributed by atoms with Gasteiger partial charge in [0.05, 0.1) is 24.4 Å². The van der Waals surface area contributed by atoms with Crippen LogP contribution in [0.1, 0.15) is 53.4 Å². The highest BCUT2D eigenvalue weighted by Crippen LogP contribution is 2.39. The quantitative estimate of drug-likeness (QED) is 0.518. The molecule has 4 nitrogen and oxygen atoms in total. The molecule has 0 aliphatic carbocycles. The van der Waals surface area contributed by atoms with Gasteiger partial charge in [-0.15, -0.1) is 0 Å². The molecule has 0 aliphatic rings. The van der Waals surface area contributed by atoms with Crippen LogP contribution in [0, 0.1) is 5.41 Å². The largest absolute Gasteiger partial charge is 0.393 e. The van der Waals surface area contributed by atoms with E-state index in [1.165, 1.54) is 0 Å². The van der Waals surface area contributed by atoms with Crippen LogP contribution in [-0.2, 0) is 0 Å². The minimum Gasteiger partial charge on any atom is -0.393 e. The third-order valence-corrected chi connectivity index (χ3v) is 2.91. The lowest BCUT2D eigenvalue weighted by atomic mass is 9.70. The highest BCUT2D eigenvalue weighted by Gasteiger charge is 2.35. The Kier molecular flexibility index (Phi) is 7.24. The van der Waals surface area contributed by atoms with Crippen molar-refractivity contribution in [3.63, 3.8) is 0 Å². The van der Waals surface area contributed by atoms with Gasteiger partial charge in [0.15, 0.2) is 0 Å². The fourth-order valence-corrected chi connectivity index (χ4v) is 3.01. The molecule has 0 heterocycles. The lowest BCUT2D eigenvalue weighted by Crippen LogP contribution is -2.35. The minimum atomic E-state index is -0.508. The Morgan fingerprint density at radius 2 is 0.765 bits per heavy atom. The second-order valence-electron chi connectivity index (χ2n) is 5.71. The van der Waals surface area contributed by atoms with Gasteiger partial charge in [-0.25, -0.2) is 0 Å². The van der Waals surface area contributed by atoms with Crippen LogP contribution in [0.25, 0.3) is 0 Å². The summed E-state index contributed by atoms with van der Waals surface area (Å²) in [7, 11) is 0. The van der Waals surface area contributed by atoms with E-state index in [1.54, 1.807) is 27.7 Å². The van der Waals surface area contributed by atoms with E-state index < -0.39 is 29.8 Å². The zero-order valence-corrected chi connectivity index (χ0v) is 11.4. The molecule has 4 heteroatoms. The van der Waals surface area contributed by atoms with Gasteiger partial charge in [0.25, 0.3) is 0 Å². The molecule has 0 bridgehead atoms. The molecule has 0 aromatic heterocycles. The predicted octanol–water partition coefficient (Wildman–Crippen LogP) is 1.06. The molecule has 17 heavy (non-hydrogen) atoms. The van der Waals surface area contributed by atoms with Gasteiger partial charge >= 0.3 is 0 Å². The predicted molar refractivity (Wildman–Crippen MR) is 67.6 cm³/mol. The van der Waals surface area contributed by atoms with Crippen LogP contribution in [0.5, 0.6) is 0 Å². The van der Waals surface area contributed by atoms with Gasteiger partial charge in [0.2, 0.25) is 0 Å². The van der Waals surface area contributed by atoms with E-state index in [1.807, 2.05) is 0 Å². The zero-order valence-electron chi connectivity index (χ0n) is 11.4. The molecule has 4 atom stereocenters. The van der Waals surface area contributed by atoms with Crippen LogP contribution >= 0.6 is 0 Å². The van der Waals surface area contributed by atoms with Crippen LogP contribution in [0.2, 0.25) is 0 Å². The normalized spacial score (nSPS) is 22.6. The van der Waals surface area contributed by atoms with Crippen molar-refractivity contribution in [2.75, 3.05) is 0 Å². The first-order valence-corrected chi connectivity index (χ1v) is 6.39. The molecule has 0 aliphatic heterocycles. The van der Waals surface area contributed by atoms with Gasteiger partial charge in [0, 0.05) is 0 Å². The van der Waals surface area contributed by atoms with Crippen molar-refractivity contribution in [1.29, 1.82) is 0 Å². The molecule has 104 valence electrons. The number of hydrogen-bond acceptors (Lipinski definition) is 4. The summed E-state index contributed by atoms with van der Waals surface area (Å²) >= 11 is 0. The van der Waals surface area contributed by atoms with E-state index in [-0.39, 0.29) is 0 Å². The highest BCUT2D eigenvalue weighted by molar-refractivity contribution is 4.86. The van der Waals surface area contributed by atoms with Crippen LogP contribution in [0.15, 0.2) is 0 Å². The third kappa shape index (κ3) is 7.71. The molecule has 0 spiro atoms. The molecular weight excluding hydrogens is 220 g/mol. The Hall–Kier alpha value is -0.160. The van der Waals surface area contributed by atoms with Crippen molar-refractivity contribution in [3.05, 3.63) is 0 Å². The minimum absolute atomic E-state index is 0.412.